The summed E-state index contributed by atoms with van der Waals surface area (Å²) < 4.78 is 55.1. The molecule has 2 bridgehead atoms. The smallest absolute Gasteiger partial charge is 0.264 e. The van der Waals surface area contributed by atoms with Gasteiger partial charge >= 0.3 is 0 Å². The number of ether oxygens (including phenoxy) is 4. The van der Waals surface area contributed by atoms with E-state index >= 15 is 0 Å². The Morgan fingerprint density at radius 2 is 1.84 bits per heavy atom. The number of fused-ring (bicyclic) bond motifs is 4. The molecule has 1 N–H and O–H groups in total. The van der Waals surface area contributed by atoms with Gasteiger partial charge < -0.3 is 28.7 Å². The largest absolute Gasteiger partial charge is 0.490 e. The average molecular weight is 744 g/mol. The molecule has 2 fully saturated rings. The van der Waals surface area contributed by atoms with E-state index in [9.17, 15) is 13.2 Å². The summed E-state index contributed by atoms with van der Waals surface area (Å²) in [5, 5.41) is -0.133. The molecule has 1 amide bonds. The predicted octanol–water partition coefficient (Wildman–Crippen LogP) is 5.65. The van der Waals surface area contributed by atoms with Gasteiger partial charge in [-0.1, -0.05) is 31.0 Å². The van der Waals surface area contributed by atoms with E-state index in [1.807, 2.05) is 25.1 Å². The number of nitrogens with zero attached hydrogens (tertiary/aromatic N) is 2. The lowest BCUT2D eigenvalue weighted by Crippen LogP contribution is -2.52. The van der Waals surface area contributed by atoms with Crippen LogP contribution >= 0.6 is 11.6 Å². The fourth-order valence-electron chi connectivity index (χ4n) is 9.38. The van der Waals surface area contributed by atoms with Gasteiger partial charge in [0.25, 0.3) is 5.91 Å². The van der Waals surface area contributed by atoms with E-state index in [0.29, 0.717) is 43.8 Å². The summed E-state index contributed by atoms with van der Waals surface area (Å²) in [5.41, 5.74) is 3.40. The lowest BCUT2D eigenvalue weighted by atomic mass is 9.64. The Hall–Kier alpha value is -2.41. The van der Waals surface area contributed by atoms with Gasteiger partial charge in [-0.25, -0.2) is 13.1 Å². The second-order valence-electron chi connectivity index (χ2n) is 16.0. The number of carbonyl (C=O) groups is 1. The molecule has 2 aromatic carbocycles. The van der Waals surface area contributed by atoms with E-state index in [4.69, 9.17) is 30.5 Å². The first-order valence-electron chi connectivity index (χ1n) is 18.7. The standard InChI is InChI=1S/C39H54ClN3O7S/c1-25-7-5-9-32(38-48-20-30(21-49-38)42(2)3)31-13-10-28(31)19-43-23-39(16-6-8-26-17-29(40)12-14-33(26)39)24-50-35-15-11-27(18-34(35)43)37(44)41-51(45,46)36(25)22-47-4/h11-12,14-15,17-18,25,28,30-32,36,38H,5-10,13,16,19-24H2,1-4H3,(H,41,44)/t25-,28-,30-,31+,32+,36-,38-,39-/m0/s1. The van der Waals surface area contributed by atoms with Crippen LogP contribution in [0.4, 0.5) is 5.69 Å². The van der Waals surface area contributed by atoms with E-state index in [0.717, 1.165) is 68.7 Å². The zero-order valence-corrected chi connectivity index (χ0v) is 32.0. The van der Waals surface area contributed by atoms with Gasteiger partial charge in [0.1, 0.15) is 11.0 Å². The fraction of sp³-hybridized carbons (Fsp3) is 0.667. The molecule has 5 aliphatic rings. The number of carbonyl (C=O) groups excluding carboxylic acids is 1. The fourth-order valence-corrected chi connectivity index (χ4v) is 11.2. The van der Waals surface area contributed by atoms with Gasteiger partial charge in [-0.05, 0) is 118 Å². The lowest BCUT2D eigenvalue weighted by molar-refractivity contribution is -0.240. The monoisotopic (exact) mass is 743 g/mol. The molecule has 12 heteroatoms. The molecule has 6 atom stereocenters. The summed E-state index contributed by atoms with van der Waals surface area (Å²) in [6.07, 6.45) is 7.26. The van der Waals surface area contributed by atoms with Crippen molar-refractivity contribution in [3.05, 3.63) is 58.1 Å². The summed E-state index contributed by atoms with van der Waals surface area (Å²) in [6, 6.07) is 11.8. The van der Waals surface area contributed by atoms with Crippen LogP contribution in [0, 0.1) is 23.7 Å². The Balaban J connectivity index is 1.27. The molecule has 2 aromatic rings. The van der Waals surface area contributed by atoms with Crippen molar-refractivity contribution >= 4 is 33.2 Å². The van der Waals surface area contributed by atoms with Gasteiger partial charge in [-0.3, -0.25) is 4.79 Å². The van der Waals surface area contributed by atoms with Gasteiger partial charge in [0.05, 0.1) is 38.2 Å². The Kier molecular flexibility index (Phi) is 11.0. The molecule has 1 saturated carbocycles. The number of rotatable bonds is 4. The number of amides is 1. The first kappa shape index (κ1) is 36.9. The number of halogens is 1. The molecular weight excluding hydrogens is 690 g/mol. The molecule has 1 saturated heterocycles. The summed E-state index contributed by atoms with van der Waals surface area (Å²) in [4.78, 5) is 18.3. The molecule has 0 unspecified atom stereocenters. The Bertz CT molecular complexity index is 1680. The molecule has 7 rings (SSSR count). The molecule has 3 heterocycles. The molecule has 51 heavy (non-hydrogen) atoms. The minimum atomic E-state index is -4.05. The van der Waals surface area contributed by atoms with Crippen molar-refractivity contribution in [1.29, 1.82) is 0 Å². The SMILES string of the molecule is COC[C@H]1[C@@H](C)CCC[C@@H]([C@H]2OC[C@H](N(C)C)CO2)[C@@H]2CC[C@H]2CN2C[C@@]3(CCCc4cc(Cl)ccc43)COc3ccc(cc32)C(=O)NS1(=O)=O. The number of benzene rings is 2. The average Bonchev–Trinajstić information content (AvgIpc) is 3.24. The van der Waals surface area contributed by atoms with Crippen LogP contribution in [0.25, 0.3) is 0 Å². The van der Waals surface area contributed by atoms with Gasteiger partial charge in [0.2, 0.25) is 10.0 Å². The second kappa shape index (κ2) is 15.1. The van der Waals surface area contributed by atoms with E-state index in [-0.39, 0.29) is 41.8 Å². The topological polar surface area (TPSA) is 107 Å². The Morgan fingerprint density at radius 1 is 1.04 bits per heavy atom. The van der Waals surface area contributed by atoms with Crippen molar-refractivity contribution in [2.24, 2.45) is 23.7 Å². The number of nitrogens with one attached hydrogen (secondary N) is 1. The molecule has 10 nitrogen and oxygen atoms in total. The third kappa shape index (κ3) is 7.53. The van der Waals surface area contributed by atoms with Crippen molar-refractivity contribution in [2.75, 3.05) is 65.6 Å². The minimum Gasteiger partial charge on any atom is -0.490 e. The minimum absolute atomic E-state index is 0.000741. The highest BCUT2D eigenvalue weighted by Crippen LogP contribution is 2.49. The quantitative estimate of drug-likeness (QED) is 0.425. The first-order valence-corrected chi connectivity index (χ1v) is 20.7. The van der Waals surface area contributed by atoms with Crippen LogP contribution in [0.1, 0.15) is 73.4 Å². The number of aryl methyl sites for hydroxylation is 1. The molecule has 280 valence electrons. The maximum absolute atomic E-state index is 13.8. The molecule has 1 spiro atoms. The second-order valence-corrected chi connectivity index (χ2v) is 18.3. The maximum Gasteiger partial charge on any atom is 0.264 e. The summed E-state index contributed by atoms with van der Waals surface area (Å²) in [7, 11) is 1.56. The van der Waals surface area contributed by atoms with Crippen LogP contribution in [0.3, 0.4) is 0 Å². The molecule has 2 aliphatic carbocycles. The zero-order chi connectivity index (χ0) is 35.9. The van der Waals surface area contributed by atoms with Crippen LogP contribution in [-0.2, 0) is 36.1 Å². The molecule has 3 aliphatic heterocycles. The van der Waals surface area contributed by atoms with Gasteiger partial charge in [0, 0.05) is 42.1 Å². The number of methoxy groups -OCH3 is 1. The van der Waals surface area contributed by atoms with Crippen molar-refractivity contribution in [3.8, 4) is 5.75 Å². The number of likely N-dealkylation sites (N-methyl/N-ethyl adjacent to an activating group) is 1. The highest BCUT2D eigenvalue weighted by molar-refractivity contribution is 7.90. The highest BCUT2D eigenvalue weighted by Gasteiger charge is 2.47. The van der Waals surface area contributed by atoms with Crippen molar-refractivity contribution in [2.45, 2.75) is 81.3 Å². The number of hydrogen-bond acceptors (Lipinski definition) is 9. The van der Waals surface area contributed by atoms with Gasteiger partial charge in [0.15, 0.2) is 6.29 Å². The lowest BCUT2D eigenvalue weighted by Gasteiger charge is -2.49. The van der Waals surface area contributed by atoms with Crippen LogP contribution in [-0.4, -0.2) is 97.5 Å². The molecule has 0 aromatic heterocycles. The van der Waals surface area contributed by atoms with Crippen LogP contribution < -0.4 is 14.4 Å². The normalized spacial score (nSPS) is 34.0. The Labute approximate surface area is 308 Å². The summed E-state index contributed by atoms with van der Waals surface area (Å²) >= 11 is 6.48. The third-order valence-electron chi connectivity index (χ3n) is 12.6. The van der Waals surface area contributed by atoms with Crippen molar-refractivity contribution < 1.29 is 32.2 Å². The van der Waals surface area contributed by atoms with Crippen LogP contribution in [0.15, 0.2) is 36.4 Å². The number of anilines is 1. The van der Waals surface area contributed by atoms with Gasteiger partial charge in [-0.15, -0.1) is 0 Å². The van der Waals surface area contributed by atoms with Crippen LogP contribution in [0.5, 0.6) is 5.75 Å². The summed E-state index contributed by atoms with van der Waals surface area (Å²) in [5.74, 6) is 0.812. The number of hydrogen-bond donors (Lipinski definition) is 1. The highest BCUT2D eigenvalue weighted by atomic mass is 35.5. The first-order chi connectivity index (χ1) is 24.5. The van der Waals surface area contributed by atoms with E-state index in [2.05, 4.69) is 40.7 Å². The predicted molar refractivity (Wildman–Crippen MR) is 198 cm³/mol. The van der Waals surface area contributed by atoms with Crippen molar-refractivity contribution in [1.82, 2.24) is 9.62 Å². The van der Waals surface area contributed by atoms with E-state index < -0.39 is 21.2 Å². The van der Waals surface area contributed by atoms with E-state index in [1.165, 1.54) is 18.2 Å². The molecule has 0 radical (unpaired) electrons. The third-order valence-corrected chi connectivity index (χ3v) is 14.7. The number of sulfonamides is 1. The van der Waals surface area contributed by atoms with E-state index in [1.54, 1.807) is 6.07 Å². The Morgan fingerprint density at radius 3 is 2.57 bits per heavy atom. The summed E-state index contributed by atoms with van der Waals surface area (Å²) in [6.45, 7) is 5.22. The zero-order valence-electron chi connectivity index (χ0n) is 30.4. The maximum atomic E-state index is 13.8. The van der Waals surface area contributed by atoms with Crippen molar-refractivity contribution in [3.63, 3.8) is 0 Å². The molecular formula is C39H54ClN3O7S. The van der Waals surface area contributed by atoms with Crippen LogP contribution in [0.2, 0.25) is 5.02 Å². The van der Waals surface area contributed by atoms with Gasteiger partial charge in [-0.2, -0.15) is 0 Å².